The zero-order valence-corrected chi connectivity index (χ0v) is 18.9. The molecule has 0 atom stereocenters. The summed E-state index contributed by atoms with van der Waals surface area (Å²) >= 11 is 5.06. The molecule has 9 nitrogen and oxygen atoms in total. The molecule has 0 bridgehead atoms. The summed E-state index contributed by atoms with van der Waals surface area (Å²) in [6, 6.07) is 5.06. The van der Waals surface area contributed by atoms with Crippen LogP contribution in [0.1, 0.15) is 33.0 Å². The van der Waals surface area contributed by atoms with Gasteiger partial charge in [0.2, 0.25) is 15.9 Å². The zero-order chi connectivity index (χ0) is 21.8. The summed E-state index contributed by atoms with van der Waals surface area (Å²) in [5.74, 6) is 0.503. The van der Waals surface area contributed by atoms with Crippen molar-refractivity contribution >= 4 is 44.3 Å². The molecule has 3 N–H and O–H groups in total. The molecule has 0 aliphatic carbocycles. The summed E-state index contributed by atoms with van der Waals surface area (Å²) in [5.41, 5.74) is 6.64. The Morgan fingerprint density at radius 2 is 1.97 bits per heavy atom. The van der Waals surface area contributed by atoms with Crippen LogP contribution in [0.2, 0.25) is 0 Å². The summed E-state index contributed by atoms with van der Waals surface area (Å²) in [6.45, 7) is 6.53. The number of rotatable bonds is 7. The number of thiocarbonyl (C=S) groups is 1. The molecule has 1 aromatic heterocycles. The fourth-order valence-corrected chi connectivity index (χ4v) is 4.00. The highest BCUT2D eigenvalue weighted by molar-refractivity contribution is 7.89. The number of hydrogen-bond donors (Lipinski definition) is 3. The van der Waals surface area contributed by atoms with E-state index in [9.17, 15) is 13.2 Å². The molecule has 160 valence electrons. The molecule has 0 fully saturated rings. The second-order valence-corrected chi connectivity index (χ2v) is 9.57. The van der Waals surface area contributed by atoms with E-state index in [0.29, 0.717) is 23.6 Å². The van der Waals surface area contributed by atoms with Crippen LogP contribution in [0.5, 0.6) is 0 Å². The van der Waals surface area contributed by atoms with Crippen LogP contribution in [-0.4, -0.2) is 53.4 Å². The predicted octanol–water partition coefficient (Wildman–Crippen LogP) is 1.14. The van der Waals surface area contributed by atoms with Gasteiger partial charge in [0, 0.05) is 39.5 Å². The lowest BCUT2D eigenvalue weighted by Crippen LogP contribution is -2.48. The molecule has 1 heterocycles. The Morgan fingerprint density at radius 3 is 2.55 bits per heavy atom. The van der Waals surface area contributed by atoms with Crippen molar-refractivity contribution < 1.29 is 13.2 Å². The van der Waals surface area contributed by atoms with E-state index >= 15 is 0 Å². The molecule has 0 aliphatic heterocycles. The second-order valence-electron chi connectivity index (χ2n) is 7.01. The minimum atomic E-state index is -3.54. The van der Waals surface area contributed by atoms with Gasteiger partial charge in [-0.3, -0.25) is 15.6 Å². The number of carbonyl (C=O) groups excluding carboxylic acids is 1. The summed E-state index contributed by atoms with van der Waals surface area (Å²) in [7, 11) is -0.554. The van der Waals surface area contributed by atoms with Gasteiger partial charge in [0.05, 0.1) is 15.9 Å². The number of imidazole rings is 1. The van der Waals surface area contributed by atoms with E-state index in [4.69, 9.17) is 12.2 Å². The average Bonchev–Trinajstić information content (AvgIpc) is 3.00. The first-order valence-corrected chi connectivity index (χ1v) is 11.2. The van der Waals surface area contributed by atoms with Crippen molar-refractivity contribution in [3.05, 3.63) is 24.0 Å². The Hall–Kier alpha value is -2.24. The van der Waals surface area contributed by atoms with Crippen LogP contribution in [0.25, 0.3) is 11.0 Å². The molecule has 29 heavy (non-hydrogen) atoms. The van der Waals surface area contributed by atoms with E-state index in [2.05, 4.69) is 21.2 Å². The standard InChI is InChI=1S/C18H28N6O3S2/c1-6-24-15-8-7-13(29(26,27)23(4)5)11-14(15)20-16(24)9-10-17(25)21-22-18(28)19-12(2)3/h7-8,11-12H,6,9-10H2,1-5H3,(H,21,25)(H2,19,22,28). The lowest BCUT2D eigenvalue weighted by molar-refractivity contribution is -0.121. The van der Waals surface area contributed by atoms with Gasteiger partial charge < -0.3 is 9.88 Å². The zero-order valence-electron chi connectivity index (χ0n) is 17.3. The van der Waals surface area contributed by atoms with Gasteiger partial charge >= 0.3 is 0 Å². The number of carbonyl (C=O) groups is 1. The predicted molar refractivity (Wildman–Crippen MR) is 117 cm³/mol. The molecule has 0 spiro atoms. The SMILES string of the molecule is CCn1c(CCC(=O)NNC(=S)NC(C)C)nc2cc(S(=O)(=O)N(C)C)ccc21. The maximum atomic E-state index is 12.4. The van der Waals surface area contributed by atoms with E-state index in [1.54, 1.807) is 18.2 Å². The van der Waals surface area contributed by atoms with Gasteiger partial charge in [0.1, 0.15) is 5.82 Å². The van der Waals surface area contributed by atoms with Crippen molar-refractivity contribution in [3.63, 3.8) is 0 Å². The number of hydrogen-bond acceptors (Lipinski definition) is 5. The average molecular weight is 441 g/mol. The van der Waals surface area contributed by atoms with Crippen molar-refractivity contribution in [2.75, 3.05) is 14.1 Å². The Morgan fingerprint density at radius 1 is 1.28 bits per heavy atom. The first kappa shape index (κ1) is 23.0. The van der Waals surface area contributed by atoms with Gasteiger partial charge in [-0.2, -0.15) is 0 Å². The van der Waals surface area contributed by atoms with Gasteiger partial charge in [0.25, 0.3) is 0 Å². The molecular weight excluding hydrogens is 412 g/mol. The molecular formula is C18H28N6O3S2. The molecule has 0 saturated carbocycles. The van der Waals surface area contributed by atoms with Crippen LogP contribution < -0.4 is 16.2 Å². The highest BCUT2D eigenvalue weighted by atomic mass is 32.2. The number of amides is 1. The van der Waals surface area contributed by atoms with Crippen molar-refractivity contribution in [3.8, 4) is 0 Å². The maximum absolute atomic E-state index is 12.4. The highest BCUT2D eigenvalue weighted by Crippen LogP contribution is 2.22. The summed E-state index contributed by atoms with van der Waals surface area (Å²) in [5, 5.41) is 3.32. The lowest BCUT2D eigenvalue weighted by Gasteiger charge is -2.13. The minimum Gasteiger partial charge on any atom is -0.359 e. The van der Waals surface area contributed by atoms with Crippen molar-refractivity contribution in [2.45, 2.75) is 51.1 Å². The van der Waals surface area contributed by atoms with Gasteiger partial charge in [0.15, 0.2) is 5.11 Å². The molecule has 1 amide bonds. The van der Waals surface area contributed by atoms with Crippen LogP contribution in [0.3, 0.4) is 0 Å². The van der Waals surface area contributed by atoms with Crippen LogP contribution in [0.15, 0.2) is 23.1 Å². The molecule has 1 aromatic carbocycles. The highest BCUT2D eigenvalue weighted by Gasteiger charge is 2.19. The van der Waals surface area contributed by atoms with Crippen molar-refractivity contribution in [1.29, 1.82) is 0 Å². The maximum Gasteiger partial charge on any atom is 0.242 e. The number of aryl methyl sites for hydroxylation is 2. The number of sulfonamides is 1. The summed E-state index contributed by atoms with van der Waals surface area (Å²) < 4.78 is 27.9. The van der Waals surface area contributed by atoms with E-state index < -0.39 is 10.0 Å². The van der Waals surface area contributed by atoms with E-state index in [-0.39, 0.29) is 23.3 Å². The fourth-order valence-electron chi connectivity index (χ4n) is 2.79. The van der Waals surface area contributed by atoms with Crippen LogP contribution in [0, 0.1) is 0 Å². The number of nitrogens with zero attached hydrogens (tertiary/aromatic N) is 3. The second kappa shape index (κ2) is 9.51. The number of aromatic nitrogens is 2. The largest absolute Gasteiger partial charge is 0.359 e. The molecule has 0 saturated heterocycles. The number of benzene rings is 1. The van der Waals surface area contributed by atoms with Gasteiger partial charge in [-0.15, -0.1) is 0 Å². The number of nitrogens with one attached hydrogen (secondary N) is 3. The minimum absolute atomic E-state index is 0.164. The molecule has 2 rings (SSSR count). The normalized spacial score (nSPS) is 11.8. The molecule has 0 unspecified atom stereocenters. The quantitative estimate of drug-likeness (QED) is 0.438. The van der Waals surface area contributed by atoms with Crippen molar-refractivity contribution in [2.24, 2.45) is 0 Å². The van der Waals surface area contributed by atoms with Gasteiger partial charge in [-0.1, -0.05) is 0 Å². The smallest absolute Gasteiger partial charge is 0.242 e. The Labute approximate surface area is 176 Å². The molecule has 11 heteroatoms. The first-order valence-electron chi connectivity index (χ1n) is 9.33. The van der Waals surface area contributed by atoms with Crippen molar-refractivity contribution in [1.82, 2.24) is 30.0 Å². The molecule has 0 aliphatic rings. The summed E-state index contributed by atoms with van der Waals surface area (Å²) in [4.78, 5) is 16.9. The number of hydrazine groups is 1. The fraction of sp³-hybridized carbons (Fsp3) is 0.500. The topological polar surface area (TPSA) is 108 Å². The van der Waals surface area contributed by atoms with Crippen LogP contribution in [0.4, 0.5) is 0 Å². The first-order chi connectivity index (χ1) is 13.6. The number of fused-ring (bicyclic) bond motifs is 1. The van der Waals surface area contributed by atoms with Gasteiger partial charge in [-0.25, -0.2) is 17.7 Å². The van der Waals surface area contributed by atoms with Crippen LogP contribution >= 0.6 is 12.2 Å². The summed E-state index contributed by atoms with van der Waals surface area (Å²) in [6.07, 6.45) is 0.625. The van der Waals surface area contributed by atoms with E-state index in [1.807, 2.05) is 25.3 Å². The Bertz CT molecular complexity index is 998. The van der Waals surface area contributed by atoms with E-state index in [1.165, 1.54) is 18.4 Å². The Balaban J connectivity index is 2.13. The monoisotopic (exact) mass is 440 g/mol. The van der Waals surface area contributed by atoms with Gasteiger partial charge in [-0.05, 0) is 51.2 Å². The third-order valence-electron chi connectivity index (χ3n) is 4.20. The third kappa shape index (κ3) is 5.64. The lowest BCUT2D eigenvalue weighted by atomic mass is 10.3. The molecule has 0 radical (unpaired) electrons. The Kier molecular flexibility index (Phi) is 7.55. The van der Waals surface area contributed by atoms with E-state index in [0.717, 1.165) is 11.3 Å². The third-order valence-corrected chi connectivity index (χ3v) is 6.24. The van der Waals surface area contributed by atoms with Crippen LogP contribution in [-0.2, 0) is 27.8 Å². The molecule has 2 aromatic rings.